The zero-order valence-corrected chi connectivity index (χ0v) is 11.8. The summed E-state index contributed by atoms with van der Waals surface area (Å²) >= 11 is 1.87. The lowest BCUT2D eigenvalue weighted by Crippen LogP contribution is -2.45. The number of piperidine rings is 1. The van der Waals surface area contributed by atoms with E-state index in [9.17, 15) is 0 Å². The highest BCUT2D eigenvalue weighted by molar-refractivity contribution is 7.09. The molecule has 1 saturated heterocycles. The fourth-order valence-electron chi connectivity index (χ4n) is 2.42. The third-order valence-corrected chi connectivity index (χ3v) is 4.40. The maximum Gasteiger partial charge on any atom is 0.0331 e. The van der Waals surface area contributed by atoms with E-state index in [4.69, 9.17) is 0 Å². The number of hydrogen-bond donors (Lipinski definition) is 1. The van der Waals surface area contributed by atoms with Gasteiger partial charge in [-0.2, -0.15) is 0 Å². The number of nitrogens with zero attached hydrogens (tertiary/aromatic N) is 1. The molecule has 2 heterocycles. The first-order chi connectivity index (χ1) is 8.25. The molecule has 0 aromatic carbocycles. The van der Waals surface area contributed by atoms with Gasteiger partial charge in [0.2, 0.25) is 0 Å². The summed E-state index contributed by atoms with van der Waals surface area (Å²) in [6, 6.07) is 5.72. The minimum absolute atomic E-state index is 0.626. The lowest BCUT2D eigenvalue weighted by atomic mass is 10.0. The van der Waals surface area contributed by atoms with Gasteiger partial charge in [-0.3, -0.25) is 4.90 Å². The Morgan fingerprint density at radius 2 is 2.35 bits per heavy atom. The van der Waals surface area contributed by atoms with Crippen LogP contribution in [-0.2, 0) is 6.54 Å². The highest BCUT2D eigenvalue weighted by Crippen LogP contribution is 2.16. The Morgan fingerprint density at radius 3 is 2.94 bits per heavy atom. The molecule has 1 atom stereocenters. The highest BCUT2D eigenvalue weighted by Gasteiger charge is 2.18. The maximum absolute atomic E-state index is 3.65. The Hall–Kier alpha value is -0.380. The van der Waals surface area contributed by atoms with Gasteiger partial charge in [0.1, 0.15) is 0 Å². The van der Waals surface area contributed by atoms with Crippen LogP contribution in [0.4, 0.5) is 0 Å². The standard InChI is InChI=1S/C14H24N2S/c1-12(2)16(11-14-7-5-9-17-14)10-13-6-3-4-8-15-13/h5,7,9,12-13,15H,3-4,6,8,10-11H2,1-2H3. The SMILES string of the molecule is CC(C)N(Cc1cccs1)CC1CCCCN1. The Bertz CT molecular complexity index is 302. The second kappa shape index (κ2) is 6.53. The Labute approximate surface area is 109 Å². The predicted octanol–water partition coefficient (Wildman–Crippen LogP) is 3.10. The van der Waals surface area contributed by atoms with Crippen LogP contribution in [0.3, 0.4) is 0 Å². The summed E-state index contributed by atoms with van der Waals surface area (Å²) in [5.74, 6) is 0. The van der Waals surface area contributed by atoms with Gasteiger partial charge in [0.25, 0.3) is 0 Å². The van der Waals surface area contributed by atoms with Crippen molar-refractivity contribution in [3.63, 3.8) is 0 Å². The molecule has 1 aromatic heterocycles. The summed E-state index contributed by atoms with van der Waals surface area (Å²) in [4.78, 5) is 4.07. The van der Waals surface area contributed by atoms with Crippen LogP contribution in [-0.4, -0.2) is 30.1 Å². The molecule has 2 nitrogen and oxygen atoms in total. The van der Waals surface area contributed by atoms with Crippen molar-refractivity contribution < 1.29 is 0 Å². The largest absolute Gasteiger partial charge is 0.313 e. The van der Waals surface area contributed by atoms with Crippen molar-refractivity contribution in [1.29, 1.82) is 0 Å². The minimum atomic E-state index is 0.626. The van der Waals surface area contributed by atoms with Crippen LogP contribution in [0.2, 0.25) is 0 Å². The molecule has 1 unspecified atom stereocenters. The number of hydrogen-bond acceptors (Lipinski definition) is 3. The first-order valence-electron chi connectivity index (χ1n) is 6.75. The molecule has 0 bridgehead atoms. The zero-order chi connectivity index (χ0) is 12.1. The fourth-order valence-corrected chi connectivity index (χ4v) is 3.15. The molecule has 1 fully saturated rings. The van der Waals surface area contributed by atoms with Gasteiger partial charge in [-0.1, -0.05) is 12.5 Å². The van der Waals surface area contributed by atoms with Gasteiger partial charge in [0, 0.05) is 30.1 Å². The van der Waals surface area contributed by atoms with Crippen LogP contribution in [0.15, 0.2) is 17.5 Å². The summed E-state index contributed by atoms with van der Waals surface area (Å²) in [5, 5.41) is 5.82. The molecule has 0 radical (unpaired) electrons. The van der Waals surface area contributed by atoms with Gasteiger partial charge >= 0.3 is 0 Å². The van der Waals surface area contributed by atoms with E-state index in [0.717, 1.165) is 6.54 Å². The summed E-state index contributed by atoms with van der Waals surface area (Å²) < 4.78 is 0. The third-order valence-electron chi connectivity index (χ3n) is 3.54. The first kappa shape index (κ1) is 13.1. The van der Waals surface area contributed by atoms with Crippen molar-refractivity contribution in [2.45, 2.75) is 51.7 Å². The first-order valence-corrected chi connectivity index (χ1v) is 7.63. The average Bonchev–Trinajstić information content (AvgIpc) is 2.82. The molecule has 0 saturated carbocycles. The van der Waals surface area contributed by atoms with Crippen molar-refractivity contribution >= 4 is 11.3 Å². The second-order valence-corrected chi connectivity index (χ2v) is 6.28. The van der Waals surface area contributed by atoms with Crippen LogP contribution >= 0.6 is 11.3 Å². The average molecular weight is 252 g/mol. The van der Waals surface area contributed by atoms with Crippen LogP contribution < -0.4 is 5.32 Å². The van der Waals surface area contributed by atoms with Crippen LogP contribution in [0.5, 0.6) is 0 Å². The molecule has 1 N–H and O–H groups in total. The molecule has 0 spiro atoms. The van der Waals surface area contributed by atoms with E-state index in [1.165, 1.54) is 37.2 Å². The summed E-state index contributed by atoms with van der Waals surface area (Å²) in [6.45, 7) is 8.10. The smallest absolute Gasteiger partial charge is 0.0331 e. The van der Waals surface area contributed by atoms with E-state index in [1.54, 1.807) is 0 Å². The quantitative estimate of drug-likeness (QED) is 0.866. The van der Waals surface area contributed by atoms with E-state index < -0.39 is 0 Å². The van der Waals surface area contributed by atoms with Crippen LogP contribution in [0.1, 0.15) is 38.0 Å². The Balaban J connectivity index is 1.87. The van der Waals surface area contributed by atoms with E-state index in [0.29, 0.717) is 12.1 Å². The van der Waals surface area contributed by atoms with Gasteiger partial charge in [0.05, 0.1) is 0 Å². The van der Waals surface area contributed by atoms with E-state index in [2.05, 4.69) is 41.6 Å². The molecule has 2 rings (SSSR count). The lowest BCUT2D eigenvalue weighted by molar-refractivity contribution is 0.178. The number of nitrogens with one attached hydrogen (secondary N) is 1. The molecule has 1 aromatic rings. The monoisotopic (exact) mass is 252 g/mol. The van der Waals surface area contributed by atoms with Crippen LogP contribution in [0, 0.1) is 0 Å². The van der Waals surface area contributed by atoms with Crippen molar-refractivity contribution in [2.24, 2.45) is 0 Å². The molecule has 1 aliphatic rings. The topological polar surface area (TPSA) is 15.3 Å². The molecule has 1 aliphatic heterocycles. The molecular formula is C14H24N2S. The van der Waals surface area contributed by atoms with Gasteiger partial charge in [-0.25, -0.2) is 0 Å². The van der Waals surface area contributed by atoms with Gasteiger partial charge in [-0.05, 0) is 44.7 Å². The fraction of sp³-hybridized carbons (Fsp3) is 0.714. The van der Waals surface area contributed by atoms with E-state index >= 15 is 0 Å². The maximum atomic E-state index is 3.65. The Morgan fingerprint density at radius 1 is 1.47 bits per heavy atom. The van der Waals surface area contributed by atoms with Crippen molar-refractivity contribution in [2.75, 3.05) is 13.1 Å². The molecule has 0 aliphatic carbocycles. The predicted molar refractivity (Wildman–Crippen MR) is 75.5 cm³/mol. The van der Waals surface area contributed by atoms with E-state index in [1.807, 2.05) is 11.3 Å². The van der Waals surface area contributed by atoms with Gasteiger partial charge < -0.3 is 5.32 Å². The molecule has 3 heteroatoms. The third kappa shape index (κ3) is 4.09. The normalized spacial score (nSPS) is 21.3. The summed E-state index contributed by atoms with van der Waals surface area (Å²) in [6.07, 6.45) is 4.08. The zero-order valence-electron chi connectivity index (χ0n) is 11.0. The number of rotatable bonds is 5. The van der Waals surface area contributed by atoms with E-state index in [-0.39, 0.29) is 0 Å². The number of thiophene rings is 1. The Kier molecular flexibility index (Phi) is 5.01. The summed E-state index contributed by atoms with van der Waals surface area (Å²) in [5.41, 5.74) is 0. The minimum Gasteiger partial charge on any atom is -0.313 e. The molecule has 17 heavy (non-hydrogen) atoms. The summed E-state index contributed by atoms with van der Waals surface area (Å²) in [7, 11) is 0. The van der Waals surface area contributed by atoms with Crippen LogP contribution in [0.25, 0.3) is 0 Å². The van der Waals surface area contributed by atoms with Crippen molar-refractivity contribution in [3.8, 4) is 0 Å². The van der Waals surface area contributed by atoms with Gasteiger partial charge in [-0.15, -0.1) is 11.3 Å². The second-order valence-electron chi connectivity index (χ2n) is 5.25. The highest BCUT2D eigenvalue weighted by atomic mass is 32.1. The van der Waals surface area contributed by atoms with Gasteiger partial charge in [0.15, 0.2) is 0 Å². The van der Waals surface area contributed by atoms with Crippen molar-refractivity contribution in [1.82, 2.24) is 10.2 Å². The molecular weight excluding hydrogens is 228 g/mol. The van der Waals surface area contributed by atoms with Crippen molar-refractivity contribution in [3.05, 3.63) is 22.4 Å². The lowest BCUT2D eigenvalue weighted by Gasteiger charge is -2.32. The molecule has 96 valence electrons. The molecule has 0 amide bonds.